The number of anilines is 1. The largest absolute Gasteiger partial charge is 0.381 e. The lowest BCUT2D eigenvalue weighted by Gasteiger charge is -2.08. The molecule has 0 amide bonds. The number of hydrogen-bond donors (Lipinski definition) is 1. The maximum Gasteiger partial charge on any atom is 0.274 e. The smallest absolute Gasteiger partial charge is 0.274 e. The molecule has 0 atom stereocenters. The third-order valence-corrected chi connectivity index (χ3v) is 4.04. The van der Waals surface area contributed by atoms with Crippen LogP contribution in [0.15, 0.2) is 53.4 Å². The fourth-order valence-electron chi connectivity index (χ4n) is 1.87. The molecule has 0 aliphatic rings. The average molecular weight is 306 g/mol. The van der Waals surface area contributed by atoms with Gasteiger partial charge in [-0.1, -0.05) is 24.3 Å². The number of rotatable bonds is 5. The zero-order valence-corrected chi connectivity index (χ0v) is 12.1. The summed E-state index contributed by atoms with van der Waals surface area (Å²) in [6.45, 7) is 0.240. The van der Waals surface area contributed by atoms with E-state index in [0.29, 0.717) is 11.3 Å². The maximum absolute atomic E-state index is 11.5. The van der Waals surface area contributed by atoms with Gasteiger partial charge in [0.05, 0.1) is 9.82 Å². The molecule has 2 aromatic rings. The van der Waals surface area contributed by atoms with E-state index in [9.17, 15) is 18.5 Å². The van der Waals surface area contributed by atoms with Gasteiger partial charge in [0.15, 0.2) is 9.84 Å². The van der Waals surface area contributed by atoms with E-state index >= 15 is 0 Å². The molecule has 0 heterocycles. The van der Waals surface area contributed by atoms with Gasteiger partial charge in [-0.3, -0.25) is 10.1 Å². The van der Waals surface area contributed by atoms with Crippen LogP contribution in [0.2, 0.25) is 0 Å². The molecule has 0 bridgehead atoms. The molecule has 2 aromatic carbocycles. The lowest BCUT2D eigenvalue weighted by Crippen LogP contribution is -2.04. The van der Waals surface area contributed by atoms with Gasteiger partial charge in [0.1, 0.15) is 0 Å². The predicted octanol–water partition coefficient (Wildman–Crippen LogP) is 2.61. The minimum Gasteiger partial charge on any atom is -0.381 e. The molecule has 0 radical (unpaired) electrons. The highest BCUT2D eigenvalue weighted by molar-refractivity contribution is 7.90. The average Bonchev–Trinajstić information content (AvgIpc) is 2.45. The standard InChI is InChI=1S/C14H14N2O4S/c1-21(19,20)13-7-4-6-12(9-13)15-10-11-5-2-3-8-14(11)16(17)18/h2-9,15H,10H2,1H3. The van der Waals surface area contributed by atoms with Gasteiger partial charge >= 0.3 is 0 Å². The number of nitro groups is 1. The van der Waals surface area contributed by atoms with E-state index in [4.69, 9.17) is 0 Å². The highest BCUT2D eigenvalue weighted by atomic mass is 32.2. The summed E-state index contributed by atoms with van der Waals surface area (Å²) in [7, 11) is -3.28. The normalized spacial score (nSPS) is 11.1. The van der Waals surface area contributed by atoms with Crippen LogP contribution in [0, 0.1) is 10.1 Å². The summed E-state index contributed by atoms with van der Waals surface area (Å²) in [6, 6.07) is 12.8. The summed E-state index contributed by atoms with van der Waals surface area (Å²) < 4.78 is 23.0. The van der Waals surface area contributed by atoms with Crippen molar-refractivity contribution in [3.8, 4) is 0 Å². The molecular weight excluding hydrogens is 292 g/mol. The fourth-order valence-corrected chi connectivity index (χ4v) is 2.54. The number of nitrogens with zero attached hydrogens (tertiary/aromatic N) is 1. The summed E-state index contributed by atoms with van der Waals surface area (Å²) >= 11 is 0. The van der Waals surface area contributed by atoms with Gasteiger partial charge in [-0.15, -0.1) is 0 Å². The van der Waals surface area contributed by atoms with Crippen molar-refractivity contribution in [2.24, 2.45) is 0 Å². The first-order valence-electron chi connectivity index (χ1n) is 6.14. The molecular formula is C14H14N2O4S. The van der Waals surface area contributed by atoms with Crippen LogP contribution < -0.4 is 5.32 Å². The maximum atomic E-state index is 11.5. The molecule has 0 aromatic heterocycles. The van der Waals surface area contributed by atoms with Gasteiger partial charge in [0.25, 0.3) is 5.69 Å². The predicted molar refractivity (Wildman–Crippen MR) is 80.0 cm³/mol. The van der Waals surface area contributed by atoms with Gasteiger partial charge in [0.2, 0.25) is 0 Å². The Labute approximate surface area is 122 Å². The topological polar surface area (TPSA) is 89.3 Å². The molecule has 0 aliphatic heterocycles. The molecule has 0 saturated carbocycles. The summed E-state index contributed by atoms with van der Waals surface area (Å²) in [5.41, 5.74) is 1.16. The van der Waals surface area contributed by atoms with Gasteiger partial charge in [-0.25, -0.2) is 8.42 Å². The first-order valence-corrected chi connectivity index (χ1v) is 8.03. The number of nitrogens with one attached hydrogen (secondary N) is 1. The van der Waals surface area contributed by atoms with Crippen molar-refractivity contribution in [2.45, 2.75) is 11.4 Å². The van der Waals surface area contributed by atoms with Gasteiger partial charge in [0, 0.05) is 30.1 Å². The van der Waals surface area contributed by atoms with Gasteiger partial charge in [-0.05, 0) is 18.2 Å². The second kappa shape index (κ2) is 5.92. The van der Waals surface area contributed by atoms with Crippen LogP contribution in [0.3, 0.4) is 0 Å². The third-order valence-electron chi connectivity index (χ3n) is 2.93. The Kier molecular flexibility index (Phi) is 4.23. The Morgan fingerprint density at radius 3 is 2.52 bits per heavy atom. The molecule has 0 spiro atoms. The Morgan fingerprint density at radius 2 is 1.86 bits per heavy atom. The van der Waals surface area contributed by atoms with Crippen molar-refractivity contribution in [3.63, 3.8) is 0 Å². The van der Waals surface area contributed by atoms with Crippen molar-refractivity contribution < 1.29 is 13.3 Å². The van der Waals surface area contributed by atoms with Crippen LogP contribution in [0.25, 0.3) is 0 Å². The zero-order valence-electron chi connectivity index (χ0n) is 11.3. The minimum atomic E-state index is -3.28. The van der Waals surface area contributed by atoms with Gasteiger partial charge in [-0.2, -0.15) is 0 Å². The second-order valence-electron chi connectivity index (χ2n) is 4.54. The summed E-state index contributed by atoms with van der Waals surface area (Å²) in [5, 5.41) is 13.9. The molecule has 0 saturated heterocycles. The lowest BCUT2D eigenvalue weighted by atomic mass is 10.2. The van der Waals surface area contributed by atoms with Crippen LogP contribution in [0.5, 0.6) is 0 Å². The fraction of sp³-hybridized carbons (Fsp3) is 0.143. The van der Waals surface area contributed by atoms with E-state index in [1.807, 2.05) is 0 Å². The molecule has 21 heavy (non-hydrogen) atoms. The number of para-hydroxylation sites is 1. The van der Waals surface area contributed by atoms with Crippen LogP contribution in [0.1, 0.15) is 5.56 Å². The van der Waals surface area contributed by atoms with Crippen molar-refractivity contribution in [3.05, 3.63) is 64.2 Å². The molecule has 110 valence electrons. The van der Waals surface area contributed by atoms with E-state index in [-0.39, 0.29) is 17.1 Å². The Hall–Kier alpha value is -2.41. The number of benzene rings is 2. The number of hydrogen-bond acceptors (Lipinski definition) is 5. The Bertz CT molecular complexity index is 772. The highest BCUT2D eigenvalue weighted by Crippen LogP contribution is 2.20. The molecule has 6 nitrogen and oxygen atoms in total. The monoisotopic (exact) mass is 306 g/mol. The van der Waals surface area contributed by atoms with Crippen LogP contribution in [0.4, 0.5) is 11.4 Å². The van der Waals surface area contributed by atoms with Crippen LogP contribution in [-0.4, -0.2) is 19.6 Å². The van der Waals surface area contributed by atoms with E-state index in [0.717, 1.165) is 6.26 Å². The highest BCUT2D eigenvalue weighted by Gasteiger charge is 2.12. The summed E-state index contributed by atoms with van der Waals surface area (Å²) in [4.78, 5) is 10.7. The zero-order chi connectivity index (χ0) is 15.5. The van der Waals surface area contributed by atoms with Crippen molar-refractivity contribution in [2.75, 3.05) is 11.6 Å². The number of nitro benzene ring substituents is 1. The first kappa shape index (κ1) is 15.0. The minimum absolute atomic E-state index is 0.0317. The number of sulfone groups is 1. The van der Waals surface area contributed by atoms with E-state index < -0.39 is 14.8 Å². The Balaban J connectivity index is 2.20. The van der Waals surface area contributed by atoms with Crippen LogP contribution in [-0.2, 0) is 16.4 Å². The lowest BCUT2D eigenvalue weighted by molar-refractivity contribution is -0.385. The van der Waals surface area contributed by atoms with Crippen molar-refractivity contribution in [1.82, 2.24) is 0 Å². The molecule has 7 heteroatoms. The summed E-state index contributed by atoms with van der Waals surface area (Å²) in [5.74, 6) is 0. The summed E-state index contributed by atoms with van der Waals surface area (Å²) in [6.07, 6.45) is 1.13. The van der Waals surface area contributed by atoms with E-state index in [1.54, 1.807) is 30.3 Å². The molecule has 2 rings (SSSR count). The molecule has 0 fully saturated rings. The van der Waals surface area contributed by atoms with E-state index in [2.05, 4.69) is 5.32 Å². The second-order valence-corrected chi connectivity index (χ2v) is 6.56. The van der Waals surface area contributed by atoms with Crippen molar-refractivity contribution >= 4 is 21.2 Å². The molecule has 1 N–H and O–H groups in total. The van der Waals surface area contributed by atoms with Crippen LogP contribution >= 0.6 is 0 Å². The van der Waals surface area contributed by atoms with E-state index in [1.165, 1.54) is 18.2 Å². The van der Waals surface area contributed by atoms with Crippen molar-refractivity contribution in [1.29, 1.82) is 0 Å². The SMILES string of the molecule is CS(=O)(=O)c1cccc(NCc2ccccc2[N+](=O)[O-])c1. The first-order chi connectivity index (χ1) is 9.88. The Morgan fingerprint density at radius 1 is 1.14 bits per heavy atom. The quantitative estimate of drug-likeness (QED) is 0.677. The molecule has 0 unspecified atom stereocenters. The van der Waals surface area contributed by atoms with Gasteiger partial charge < -0.3 is 5.32 Å². The third kappa shape index (κ3) is 3.79. The molecule has 0 aliphatic carbocycles.